The fraction of sp³-hybridized carbons (Fsp3) is 0.533. The molecule has 5 nitrogen and oxygen atoms in total. The molecule has 0 aliphatic carbocycles. The van der Waals surface area contributed by atoms with Crippen LogP contribution in [0.5, 0.6) is 5.75 Å². The molecule has 0 aliphatic rings. The number of rotatable bonds is 9. The van der Waals surface area contributed by atoms with Gasteiger partial charge in [0.05, 0.1) is 12.7 Å². The van der Waals surface area contributed by atoms with E-state index in [0.29, 0.717) is 18.9 Å². The molecule has 0 aliphatic heterocycles. The van der Waals surface area contributed by atoms with E-state index in [1.54, 1.807) is 19.2 Å². The van der Waals surface area contributed by atoms with Gasteiger partial charge in [0, 0.05) is 6.54 Å². The van der Waals surface area contributed by atoms with E-state index in [1.165, 1.54) is 0 Å². The number of nitrogens with one attached hydrogen (secondary N) is 1. The standard InChI is InChI=1S/C15H23NO4/c1-12(2)18-10-14(9-16-3)20-15(17)11-19-13-7-5-4-6-8-13/h4-8,12,14,16H,9-11H2,1-3H3. The highest BCUT2D eigenvalue weighted by molar-refractivity contribution is 5.71. The van der Waals surface area contributed by atoms with Gasteiger partial charge < -0.3 is 19.5 Å². The van der Waals surface area contributed by atoms with Crippen LogP contribution in [0.2, 0.25) is 0 Å². The second-order valence-corrected chi connectivity index (χ2v) is 4.65. The smallest absolute Gasteiger partial charge is 0.344 e. The van der Waals surface area contributed by atoms with Crippen molar-refractivity contribution in [2.75, 3.05) is 26.8 Å². The van der Waals surface area contributed by atoms with E-state index in [-0.39, 0.29) is 18.8 Å². The van der Waals surface area contributed by atoms with Gasteiger partial charge in [-0.3, -0.25) is 0 Å². The Balaban J connectivity index is 2.33. The van der Waals surface area contributed by atoms with Gasteiger partial charge in [-0.1, -0.05) is 18.2 Å². The Hall–Kier alpha value is -1.59. The molecule has 1 unspecified atom stereocenters. The van der Waals surface area contributed by atoms with Gasteiger partial charge in [0.25, 0.3) is 0 Å². The first-order valence-corrected chi connectivity index (χ1v) is 6.75. The highest BCUT2D eigenvalue weighted by atomic mass is 16.6. The van der Waals surface area contributed by atoms with Crippen molar-refractivity contribution in [3.8, 4) is 5.75 Å². The summed E-state index contributed by atoms with van der Waals surface area (Å²) in [5.74, 6) is 0.245. The van der Waals surface area contributed by atoms with Crippen LogP contribution in [0.3, 0.4) is 0 Å². The zero-order valence-electron chi connectivity index (χ0n) is 12.3. The van der Waals surface area contributed by atoms with Gasteiger partial charge in [-0.15, -0.1) is 0 Å². The van der Waals surface area contributed by atoms with Crippen molar-refractivity contribution in [1.82, 2.24) is 5.32 Å². The van der Waals surface area contributed by atoms with Gasteiger partial charge in [0.2, 0.25) is 0 Å². The first-order chi connectivity index (χ1) is 9.61. The third kappa shape index (κ3) is 7.11. The molecule has 0 saturated carbocycles. The van der Waals surface area contributed by atoms with Gasteiger partial charge >= 0.3 is 5.97 Å². The Kier molecular flexibility index (Phi) is 7.69. The number of benzene rings is 1. The quantitative estimate of drug-likeness (QED) is 0.697. The van der Waals surface area contributed by atoms with Crippen molar-refractivity contribution < 1.29 is 19.0 Å². The van der Waals surface area contributed by atoms with Crippen molar-refractivity contribution in [2.24, 2.45) is 0 Å². The lowest BCUT2D eigenvalue weighted by molar-refractivity contribution is -0.155. The predicted octanol–water partition coefficient (Wildman–Crippen LogP) is 1.62. The number of para-hydroxylation sites is 1. The zero-order valence-corrected chi connectivity index (χ0v) is 12.3. The van der Waals surface area contributed by atoms with Crippen molar-refractivity contribution in [3.05, 3.63) is 30.3 Å². The first-order valence-electron chi connectivity index (χ1n) is 6.75. The van der Waals surface area contributed by atoms with E-state index in [4.69, 9.17) is 14.2 Å². The lowest BCUT2D eigenvalue weighted by Crippen LogP contribution is -2.35. The van der Waals surface area contributed by atoms with Gasteiger partial charge in [-0.05, 0) is 33.0 Å². The van der Waals surface area contributed by atoms with Crippen molar-refractivity contribution in [2.45, 2.75) is 26.1 Å². The summed E-state index contributed by atoms with van der Waals surface area (Å²) in [4.78, 5) is 11.7. The maximum absolute atomic E-state index is 11.7. The van der Waals surface area contributed by atoms with Gasteiger partial charge in [-0.2, -0.15) is 0 Å². The minimum absolute atomic E-state index is 0.105. The molecule has 0 heterocycles. The average Bonchev–Trinajstić information content (AvgIpc) is 2.44. The van der Waals surface area contributed by atoms with Gasteiger partial charge in [0.15, 0.2) is 6.61 Å². The van der Waals surface area contributed by atoms with Crippen LogP contribution in [0, 0.1) is 0 Å². The lowest BCUT2D eigenvalue weighted by atomic mass is 10.3. The molecule has 0 radical (unpaired) electrons. The van der Waals surface area contributed by atoms with E-state index in [2.05, 4.69) is 5.32 Å². The minimum atomic E-state index is -0.401. The van der Waals surface area contributed by atoms with Crippen LogP contribution in [0.25, 0.3) is 0 Å². The molecule has 1 atom stereocenters. The number of ether oxygens (including phenoxy) is 3. The monoisotopic (exact) mass is 281 g/mol. The number of esters is 1. The third-order valence-electron chi connectivity index (χ3n) is 2.45. The van der Waals surface area contributed by atoms with Crippen LogP contribution in [0.4, 0.5) is 0 Å². The highest BCUT2D eigenvalue weighted by Crippen LogP contribution is 2.08. The van der Waals surface area contributed by atoms with Crippen LogP contribution in [-0.2, 0) is 14.3 Å². The highest BCUT2D eigenvalue weighted by Gasteiger charge is 2.15. The summed E-state index contributed by atoms with van der Waals surface area (Å²) in [6, 6.07) is 9.17. The van der Waals surface area contributed by atoms with Gasteiger partial charge in [-0.25, -0.2) is 4.79 Å². The summed E-state index contributed by atoms with van der Waals surface area (Å²) in [6.07, 6.45) is -0.206. The molecule has 1 aromatic rings. The van der Waals surface area contributed by atoms with Crippen molar-refractivity contribution in [3.63, 3.8) is 0 Å². The van der Waals surface area contributed by atoms with Gasteiger partial charge in [0.1, 0.15) is 11.9 Å². The summed E-state index contributed by atoms with van der Waals surface area (Å²) >= 11 is 0. The molecule has 112 valence electrons. The maximum atomic E-state index is 11.7. The van der Waals surface area contributed by atoms with E-state index in [1.807, 2.05) is 32.0 Å². The normalized spacial score (nSPS) is 12.2. The summed E-state index contributed by atoms with van der Waals surface area (Å²) < 4.78 is 16.1. The number of hydrogen-bond acceptors (Lipinski definition) is 5. The fourth-order valence-corrected chi connectivity index (χ4v) is 1.54. The topological polar surface area (TPSA) is 56.8 Å². The molecule has 0 bridgehead atoms. The molecule has 1 aromatic carbocycles. The molecule has 20 heavy (non-hydrogen) atoms. The summed E-state index contributed by atoms with van der Waals surface area (Å²) in [7, 11) is 1.80. The lowest BCUT2D eigenvalue weighted by Gasteiger charge is -2.19. The number of carbonyl (C=O) groups excluding carboxylic acids is 1. The molecule has 0 saturated heterocycles. The fourth-order valence-electron chi connectivity index (χ4n) is 1.54. The molecular formula is C15H23NO4. The van der Waals surface area contributed by atoms with Crippen molar-refractivity contribution >= 4 is 5.97 Å². The second kappa shape index (κ2) is 9.34. The van der Waals surface area contributed by atoms with Crippen molar-refractivity contribution in [1.29, 1.82) is 0 Å². The van der Waals surface area contributed by atoms with E-state index in [9.17, 15) is 4.79 Å². The largest absolute Gasteiger partial charge is 0.482 e. The van der Waals surface area contributed by atoms with Crippen LogP contribution in [-0.4, -0.2) is 45.0 Å². The average molecular weight is 281 g/mol. The van der Waals surface area contributed by atoms with E-state index < -0.39 is 5.97 Å². The summed E-state index contributed by atoms with van der Waals surface area (Å²) in [5, 5.41) is 2.97. The SMILES string of the molecule is CNCC(COC(C)C)OC(=O)COc1ccccc1. The first kappa shape index (κ1) is 16.5. The number of hydrogen-bond donors (Lipinski definition) is 1. The van der Waals surface area contributed by atoms with Crippen LogP contribution in [0.15, 0.2) is 30.3 Å². The number of carbonyl (C=O) groups is 1. The molecule has 0 amide bonds. The van der Waals surface area contributed by atoms with Crippen LogP contribution in [0.1, 0.15) is 13.8 Å². The predicted molar refractivity (Wildman–Crippen MR) is 76.8 cm³/mol. The Morgan fingerprint density at radius 1 is 1.25 bits per heavy atom. The molecule has 0 aromatic heterocycles. The van der Waals surface area contributed by atoms with E-state index in [0.717, 1.165) is 0 Å². The molecule has 5 heteroatoms. The number of likely N-dealkylation sites (N-methyl/N-ethyl adjacent to an activating group) is 1. The van der Waals surface area contributed by atoms with E-state index >= 15 is 0 Å². The summed E-state index contributed by atoms with van der Waals surface area (Å²) in [6.45, 7) is 4.69. The Morgan fingerprint density at radius 3 is 2.55 bits per heavy atom. The van der Waals surface area contributed by atoms with Crippen LogP contribution >= 0.6 is 0 Å². The Labute approximate surface area is 120 Å². The molecule has 1 N–H and O–H groups in total. The molecule has 0 fully saturated rings. The van der Waals surface area contributed by atoms with Crippen LogP contribution < -0.4 is 10.1 Å². The minimum Gasteiger partial charge on any atom is -0.482 e. The molecule has 0 spiro atoms. The zero-order chi connectivity index (χ0) is 14.8. The Morgan fingerprint density at radius 2 is 1.95 bits per heavy atom. The third-order valence-corrected chi connectivity index (χ3v) is 2.45. The maximum Gasteiger partial charge on any atom is 0.344 e. The molecule has 1 rings (SSSR count). The second-order valence-electron chi connectivity index (χ2n) is 4.65. The summed E-state index contributed by atoms with van der Waals surface area (Å²) in [5.41, 5.74) is 0. The molecular weight excluding hydrogens is 258 g/mol. The Bertz CT molecular complexity index is 381.